The van der Waals surface area contributed by atoms with Crippen LogP contribution in [0.25, 0.3) is 0 Å². The van der Waals surface area contributed by atoms with Gasteiger partial charge in [-0.3, -0.25) is 9.59 Å². The van der Waals surface area contributed by atoms with E-state index in [1.54, 1.807) is 18.2 Å². The molecule has 4 heteroatoms. The Morgan fingerprint density at radius 1 is 1.37 bits per heavy atom. The van der Waals surface area contributed by atoms with E-state index in [1.165, 1.54) is 0 Å². The lowest BCUT2D eigenvalue weighted by Gasteiger charge is -2.17. The smallest absolute Gasteiger partial charge is 0.255 e. The first-order valence-electron chi connectivity index (χ1n) is 6.45. The van der Waals surface area contributed by atoms with Gasteiger partial charge in [0, 0.05) is 12.0 Å². The molecule has 0 atom stereocenters. The second kappa shape index (κ2) is 5.03. The van der Waals surface area contributed by atoms with E-state index in [0.29, 0.717) is 36.4 Å². The van der Waals surface area contributed by atoms with Crippen molar-refractivity contribution in [3.05, 3.63) is 29.3 Å². The molecule has 0 fully saturated rings. The molecule has 1 aromatic rings. The van der Waals surface area contributed by atoms with Gasteiger partial charge < -0.3 is 10.1 Å². The number of ether oxygens (including phenoxy) is 1. The number of benzene rings is 1. The molecule has 0 saturated heterocycles. The topological polar surface area (TPSA) is 55.4 Å². The highest BCUT2D eigenvalue weighted by Crippen LogP contribution is 2.25. The van der Waals surface area contributed by atoms with Crippen molar-refractivity contribution in [3.8, 4) is 5.75 Å². The summed E-state index contributed by atoms with van der Waals surface area (Å²) in [5.41, 5.74) is 0.939. The first kappa shape index (κ1) is 13.6. The first-order valence-corrected chi connectivity index (χ1v) is 6.45. The molecule has 0 bridgehead atoms. The molecule has 102 valence electrons. The van der Waals surface area contributed by atoms with Crippen molar-refractivity contribution in [2.75, 3.05) is 13.2 Å². The highest BCUT2D eigenvalue weighted by Gasteiger charge is 2.21. The molecule has 19 heavy (non-hydrogen) atoms. The Bertz CT molecular complexity index is 515. The van der Waals surface area contributed by atoms with Crippen LogP contribution >= 0.6 is 0 Å². The van der Waals surface area contributed by atoms with Gasteiger partial charge in [-0.2, -0.15) is 0 Å². The molecule has 0 saturated carbocycles. The summed E-state index contributed by atoms with van der Waals surface area (Å²) in [6.45, 7) is 6.99. The van der Waals surface area contributed by atoms with E-state index in [9.17, 15) is 9.59 Å². The Labute approximate surface area is 113 Å². The van der Waals surface area contributed by atoms with Crippen molar-refractivity contribution < 1.29 is 14.3 Å². The summed E-state index contributed by atoms with van der Waals surface area (Å²) in [5.74, 6) is 0.410. The predicted molar refractivity (Wildman–Crippen MR) is 72.7 cm³/mol. The summed E-state index contributed by atoms with van der Waals surface area (Å²) in [6, 6.07) is 5.06. The lowest BCUT2D eigenvalue weighted by atomic mass is 9.87. The van der Waals surface area contributed by atoms with Crippen LogP contribution < -0.4 is 10.1 Å². The molecule has 1 amide bonds. The molecule has 1 aromatic carbocycles. The molecule has 0 aliphatic carbocycles. The lowest BCUT2D eigenvalue weighted by molar-refractivity contribution is 0.0939. The summed E-state index contributed by atoms with van der Waals surface area (Å²) in [7, 11) is 0. The van der Waals surface area contributed by atoms with Crippen molar-refractivity contribution in [2.24, 2.45) is 5.41 Å². The summed E-state index contributed by atoms with van der Waals surface area (Å²) in [4.78, 5) is 24.0. The van der Waals surface area contributed by atoms with E-state index in [4.69, 9.17) is 4.74 Å². The fourth-order valence-corrected chi connectivity index (χ4v) is 2.01. The van der Waals surface area contributed by atoms with Crippen LogP contribution in [-0.2, 0) is 0 Å². The Morgan fingerprint density at radius 2 is 2.11 bits per heavy atom. The average Bonchev–Trinajstić information content (AvgIpc) is 2.49. The van der Waals surface area contributed by atoms with Crippen LogP contribution in [0.1, 0.15) is 47.9 Å². The lowest BCUT2D eigenvalue weighted by Crippen LogP contribution is -2.24. The fraction of sp³-hybridized carbons (Fsp3) is 0.467. The molecular formula is C15H19NO3. The van der Waals surface area contributed by atoms with Gasteiger partial charge in [0.2, 0.25) is 0 Å². The SMILES string of the molecule is CC(C)(C)CC(=O)c1ccc2c(c1)C(=O)NCCO2. The summed E-state index contributed by atoms with van der Waals surface area (Å²) in [6.07, 6.45) is 0.453. The number of hydrogen-bond donors (Lipinski definition) is 1. The van der Waals surface area contributed by atoms with Gasteiger partial charge in [0.25, 0.3) is 5.91 Å². The third kappa shape index (κ3) is 3.34. The number of ketones is 1. The van der Waals surface area contributed by atoms with Crippen LogP contribution in [0.3, 0.4) is 0 Å². The summed E-state index contributed by atoms with van der Waals surface area (Å²) < 4.78 is 5.46. The maximum atomic E-state index is 12.2. The van der Waals surface area contributed by atoms with Gasteiger partial charge in [-0.1, -0.05) is 20.8 Å². The van der Waals surface area contributed by atoms with Crippen molar-refractivity contribution in [3.63, 3.8) is 0 Å². The van der Waals surface area contributed by atoms with Crippen LogP contribution in [0, 0.1) is 5.41 Å². The quantitative estimate of drug-likeness (QED) is 0.832. The first-order chi connectivity index (χ1) is 8.87. The van der Waals surface area contributed by atoms with Gasteiger partial charge in [-0.15, -0.1) is 0 Å². The van der Waals surface area contributed by atoms with E-state index in [0.717, 1.165) is 0 Å². The van der Waals surface area contributed by atoms with Crippen LogP contribution in [0.2, 0.25) is 0 Å². The standard InChI is InChI=1S/C15H19NO3/c1-15(2,3)9-12(17)10-4-5-13-11(8-10)14(18)16-6-7-19-13/h4-5,8H,6-7,9H2,1-3H3,(H,16,18). The van der Waals surface area contributed by atoms with Gasteiger partial charge >= 0.3 is 0 Å². The second-order valence-electron chi connectivity index (χ2n) is 5.98. The third-order valence-electron chi connectivity index (χ3n) is 2.88. The van der Waals surface area contributed by atoms with Gasteiger partial charge in [0.1, 0.15) is 12.4 Å². The maximum absolute atomic E-state index is 12.2. The Balaban J connectivity index is 2.30. The maximum Gasteiger partial charge on any atom is 0.255 e. The number of carbonyl (C=O) groups is 2. The summed E-state index contributed by atoms with van der Waals surface area (Å²) >= 11 is 0. The highest BCUT2D eigenvalue weighted by atomic mass is 16.5. The zero-order valence-corrected chi connectivity index (χ0v) is 11.6. The summed E-state index contributed by atoms with van der Waals surface area (Å²) in [5, 5.41) is 2.74. The molecule has 2 rings (SSSR count). The number of carbonyl (C=O) groups excluding carboxylic acids is 2. The van der Waals surface area contributed by atoms with Crippen LogP contribution in [-0.4, -0.2) is 24.8 Å². The molecule has 0 unspecified atom stereocenters. The molecule has 1 heterocycles. The minimum atomic E-state index is -0.182. The molecule has 0 radical (unpaired) electrons. The molecule has 1 aliphatic rings. The van der Waals surface area contributed by atoms with Gasteiger partial charge in [-0.25, -0.2) is 0 Å². The molecule has 0 spiro atoms. The molecule has 4 nitrogen and oxygen atoms in total. The largest absolute Gasteiger partial charge is 0.491 e. The van der Waals surface area contributed by atoms with E-state index < -0.39 is 0 Å². The average molecular weight is 261 g/mol. The Hall–Kier alpha value is -1.84. The van der Waals surface area contributed by atoms with Crippen molar-refractivity contribution in [2.45, 2.75) is 27.2 Å². The Kier molecular flexibility index (Phi) is 3.60. The molecular weight excluding hydrogens is 242 g/mol. The fourth-order valence-electron chi connectivity index (χ4n) is 2.01. The van der Waals surface area contributed by atoms with Crippen molar-refractivity contribution in [1.29, 1.82) is 0 Å². The van der Waals surface area contributed by atoms with E-state index in [1.807, 2.05) is 20.8 Å². The Morgan fingerprint density at radius 3 is 2.79 bits per heavy atom. The number of nitrogens with one attached hydrogen (secondary N) is 1. The normalized spacial score (nSPS) is 15.0. The number of Topliss-reactive ketones (excluding diaryl/α,β-unsaturated/α-hetero) is 1. The van der Waals surface area contributed by atoms with E-state index in [2.05, 4.69) is 5.32 Å². The van der Waals surface area contributed by atoms with Crippen LogP contribution in [0.4, 0.5) is 0 Å². The number of hydrogen-bond acceptors (Lipinski definition) is 3. The van der Waals surface area contributed by atoms with E-state index >= 15 is 0 Å². The molecule has 0 aromatic heterocycles. The minimum Gasteiger partial charge on any atom is -0.491 e. The molecule has 1 N–H and O–H groups in total. The van der Waals surface area contributed by atoms with Crippen LogP contribution in [0.5, 0.6) is 5.75 Å². The van der Waals surface area contributed by atoms with E-state index in [-0.39, 0.29) is 17.1 Å². The highest BCUT2D eigenvalue weighted by molar-refractivity contribution is 6.02. The zero-order valence-electron chi connectivity index (χ0n) is 11.6. The van der Waals surface area contributed by atoms with Crippen LogP contribution in [0.15, 0.2) is 18.2 Å². The minimum absolute atomic E-state index is 0.0485. The second-order valence-corrected chi connectivity index (χ2v) is 5.98. The zero-order chi connectivity index (χ0) is 14.0. The molecule has 1 aliphatic heterocycles. The monoisotopic (exact) mass is 261 g/mol. The van der Waals surface area contributed by atoms with Crippen molar-refractivity contribution in [1.82, 2.24) is 5.32 Å². The van der Waals surface area contributed by atoms with Crippen molar-refractivity contribution >= 4 is 11.7 Å². The number of rotatable bonds is 2. The number of fused-ring (bicyclic) bond motifs is 1. The van der Waals surface area contributed by atoms with Gasteiger partial charge in [-0.05, 0) is 23.6 Å². The predicted octanol–water partition coefficient (Wildman–Crippen LogP) is 2.43. The van der Waals surface area contributed by atoms with Gasteiger partial charge in [0.05, 0.1) is 12.1 Å². The van der Waals surface area contributed by atoms with Gasteiger partial charge in [0.15, 0.2) is 5.78 Å². The third-order valence-corrected chi connectivity index (χ3v) is 2.88. The number of amides is 1.